The number of hydrogen-bond acceptors (Lipinski definition) is 4. The Morgan fingerprint density at radius 3 is 2.79 bits per heavy atom. The molecular weight excluding hydrogens is 272 g/mol. The van der Waals surface area contributed by atoms with Crippen LogP contribution in [0.2, 0.25) is 5.02 Å². The smallest absolute Gasteiger partial charge is 0.291 e. The van der Waals surface area contributed by atoms with Gasteiger partial charge in [0.1, 0.15) is 10.8 Å². The number of nitro benzene ring substituents is 1. The molecule has 1 aliphatic rings. The Kier molecular flexibility index (Phi) is 3.44. The maximum atomic E-state index is 11.8. The highest BCUT2D eigenvalue weighted by atomic mass is 35.5. The lowest BCUT2D eigenvalue weighted by Gasteiger charge is -2.17. The van der Waals surface area contributed by atoms with E-state index in [9.17, 15) is 20.0 Å². The first kappa shape index (κ1) is 13.4. The van der Waals surface area contributed by atoms with E-state index in [1.807, 2.05) is 0 Å². The highest BCUT2D eigenvalue weighted by molar-refractivity contribution is 6.33. The van der Waals surface area contributed by atoms with Crippen LogP contribution in [0, 0.1) is 16.0 Å². The molecule has 0 radical (unpaired) electrons. The summed E-state index contributed by atoms with van der Waals surface area (Å²) in [5.74, 6) is -0.514. The number of rotatable bonds is 3. The Labute approximate surface area is 114 Å². The molecule has 1 fully saturated rings. The lowest BCUT2D eigenvalue weighted by molar-refractivity contribution is -0.384. The van der Waals surface area contributed by atoms with E-state index < -0.39 is 10.6 Å². The second-order valence-electron chi connectivity index (χ2n) is 4.25. The Hall–Kier alpha value is -2.08. The molecule has 1 aromatic rings. The number of benzene rings is 1. The van der Waals surface area contributed by atoms with Gasteiger partial charge in [-0.05, 0) is 6.07 Å². The summed E-state index contributed by atoms with van der Waals surface area (Å²) in [7, 11) is 0. The topological polar surface area (TPSA) is 83.7 Å². The van der Waals surface area contributed by atoms with E-state index >= 15 is 0 Å². The molecule has 2 rings (SSSR count). The lowest BCUT2D eigenvalue weighted by Crippen LogP contribution is -2.24. The van der Waals surface area contributed by atoms with Gasteiger partial charge in [-0.25, -0.2) is 0 Å². The Morgan fingerprint density at radius 1 is 1.58 bits per heavy atom. The van der Waals surface area contributed by atoms with Gasteiger partial charge in [-0.2, -0.15) is 0 Å². The summed E-state index contributed by atoms with van der Waals surface area (Å²) in [5, 5.41) is 20.4. The zero-order valence-corrected chi connectivity index (χ0v) is 10.6. The van der Waals surface area contributed by atoms with Crippen LogP contribution < -0.4 is 4.90 Å². The number of hydrogen-bond donors (Lipinski definition) is 1. The van der Waals surface area contributed by atoms with Gasteiger partial charge in [0.15, 0.2) is 0 Å². The van der Waals surface area contributed by atoms with Crippen LogP contribution in [-0.4, -0.2) is 22.5 Å². The summed E-state index contributed by atoms with van der Waals surface area (Å²) >= 11 is 5.78. The molecule has 1 saturated heterocycles. The molecule has 0 saturated carbocycles. The number of phenolic OH excluding ortho intramolecular Hbond substituents is 1. The minimum atomic E-state index is -0.690. The fourth-order valence-corrected chi connectivity index (χ4v) is 2.25. The average Bonchev–Trinajstić information content (AvgIpc) is 2.72. The number of carbonyl (C=O) groups is 1. The number of nitro groups is 1. The molecular formula is C12H11ClN2O4. The fourth-order valence-electron chi connectivity index (χ4n) is 2.02. The van der Waals surface area contributed by atoms with Crippen LogP contribution in [0.15, 0.2) is 24.8 Å². The van der Waals surface area contributed by atoms with Crippen LogP contribution in [0.1, 0.15) is 6.42 Å². The highest BCUT2D eigenvalue weighted by Crippen LogP contribution is 2.39. The van der Waals surface area contributed by atoms with Crippen LogP contribution in [0.4, 0.5) is 11.4 Å². The first-order valence-electron chi connectivity index (χ1n) is 5.54. The molecule has 0 aliphatic carbocycles. The molecule has 19 heavy (non-hydrogen) atoms. The normalized spacial score (nSPS) is 18.7. The Morgan fingerprint density at radius 2 is 2.26 bits per heavy atom. The van der Waals surface area contributed by atoms with Crippen molar-refractivity contribution in [2.24, 2.45) is 5.92 Å². The predicted octanol–water partition coefficient (Wildman–Crippen LogP) is 2.49. The summed E-state index contributed by atoms with van der Waals surface area (Å²) in [6, 6.07) is 2.19. The highest BCUT2D eigenvalue weighted by Gasteiger charge is 2.31. The van der Waals surface area contributed by atoms with E-state index in [1.54, 1.807) is 6.08 Å². The van der Waals surface area contributed by atoms with Crippen molar-refractivity contribution in [1.82, 2.24) is 0 Å². The molecule has 100 valence electrons. The molecule has 1 amide bonds. The van der Waals surface area contributed by atoms with Crippen molar-refractivity contribution in [2.75, 3.05) is 11.4 Å². The van der Waals surface area contributed by atoms with Gasteiger partial charge < -0.3 is 10.0 Å². The van der Waals surface area contributed by atoms with Gasteiger partial charge in [0.05, 0.1) is 16.7 Å². The number of nitrogens with zero attached hydrogens (tertiary/aromatic N) is 2. The number of carbonyl (C=O) groups excluding carboxylic acids is 1. The Balaban J connectivity index is 2.41. The summed E-state index contributed by atoms with van der Waals surface area (Å²) in [6.07, 6.45) is 1.97. The number of phenols is 1. The lowest BCUT2D eigenvalue weighted by atomic mass is 10.1. The maximum Gasteiger partial charge on any atom is 0.291 e. The van der Waals surface area contributed by atoms with Crippen molar-refractivity contribution in [3.8, 4) is 5.75 Å². The zero-order chi connectivity index (χ0) is 14.2. The minimum absolute atomic E-state index is 0.000803. The van der Waals surface area contributed by atoms with Crippen LogP contribution in [0.25, 0.3) is 0 Å². The van der Waals surface area contributed by atoms with E-state index in [-0.39, 0.29) is 28.3 Å². The van der Waals surface area contributed by atoms with Gasteiger partial charge in [-0.1, -0.05) is 17.7 Å². The summed E-state index contributed by atoms with van der Waals surface area (Å²) < 4.78 is 0. The zero-order valence-electron chi connectivity index (χ0n) is 9.88. The van der Waals surface area contributed by atoms with Crippen LogP contribution in [0.5, 0.6) is 5.75 Å². The second-order valence-corrected chi connectivity index (χ2v) is 4.66. The molecule has 6 nitrogen and oxygen atoms in total. The number of aromatic hydroxyl groups is 1. The van der Waals surface area contributed by atoms with Crippen molar-refractivity contribution in [2.45, 2.75) is 6.42 Å². The second kappa shape index (κ2) is 4.89. The van der Waals surface area contributed by atoms with E-state index in [1.165, 1.54) is 11.0 Å². The quantitative estimate of drug-likeness (QED) is 0.524. The van der Waals surface area contributed by atoms with Crippen molar-refractivity contribution < 1.29 is 14.8 Å². The minimum Gasteiger partial charge on any atom is -0.505 e. The third kappa shape index (κ3) is 2.39. The molecule has 1 unspecified atom stereocenters. The summed E-state index contributed by atoms with van der Waals surface area (Å²) in [5.41, 5.74) is -0.209. The van der Waals surface area contributed by atoms with E-state index in [4.69, 9.17) is 11.6 Å². The van der Waals surface area contributed by atoms with Crippen molar-refractivity contribution >= 4 is 28.9 Å². The Bertz CT molecular complexity index is 573. The first-order chi connectivity index (χ1) is 8.93. The SMILES string of the molecule is C=CC1CC(=O)N(c2cc(Cl)c([N+](=O)[O-])cc2O)C1. The molecule has 1 N–H and O–H groups in total. The number of amides is 1. The monoisotopic (exact) mass is 282 g/mol. The molecule has 0 spiro atoms. The van der Waals surface area contributed by atoms with Crippen molar-refractivity contribution in [3.63, 3.8) is 0 Å². The first-order valence-corrected chi connectivity index (χ1v) is 5.91. The molecule has 1 aromatic carbocycles. The van der Waals surface area contributed by atoms with Gasteiger partial charge in [0.2, 0.25) is 5.91 Å². The van der Waals surface area contributed by atoms with Gasteiger partial charge >= 0.3 is 0 Å². The fraction of sp³-hybridized carbons (Fsp3) is 0.250. The van der Waals surface area contributed by atoms with Gasteiger partial charge in [0.25, 0.3) is 5.69 Å². The molecule has 0 bridgehead atoms. The molecule has 1 aliphatic heterocycles. The van der Waals surface area contributed by atoms with Gasteiger partial charge in [-0.15, -0.1) is 6.58 Å². The van der Waals surface area contributed by atoms with Crippen LogP contribution >= 0.6 is 11.6 Å². The van der Waals surface area contributed by atoms with Gasteiger partial charge in [0, 0.05) is 18.9 Å². The van der Waals surface area contributed by atoms with E-state index in [2.05, 4.69) is 6.58 Å². The third-order valence-corrected chi connectivity index (χ3v) is 3.32. The standard InChI is InChI=1S/C12H11ClN2O4/c1-2-7-3-12(17)14(6-7)10-4-8(13)9(15(18)19)5-11(10)16/h2,4-5,7,16H,1,3,6H2. The number of anilines is 1. The summed E-state index contributed by atoms with van der Waals surface area (Å²) in [6.45, 7) is 4.00. The predicted molar refractivity (Wildman–Crippen MR) is 70.4 cm³/mol. The molecule has 1 atom stereocenters. The van der Waals surface area contributed by atoms with Gasteiger partial charge in [-0.3, -0.25) is 14.9 Å². The molecule has 7 heteroatoms. The third-order valence-electron chi connectivity index (χ3n) is 3.02. The maximum absolute atomic E-state index is 11.8. The number of halogens is 1. The van der Waals surface area contributed by atoms with Crippen LogP contribution in [-0.2, 0) is 4.79 Å². The van der Waals surface area contributed by atoms with E-state index in [0.29, 0.717) is 13.0 Å². The largest absolute Gasteiger partial charge is 0.505 e. The van der Waals surface area contributed by atoms with Crippen LogP contribution in [0.3, 0.4) is 0 Å². The van der Waals surface area contributed by atoms with Crippen molar-refractivity contribution in [3.05, 3.63) is 39.9 Å². The molecule has 0 aromatic heterocycles. The molecule has 1 heterocycles. The average molecular weight is 283 g/mol. The van der Waals surface area contributed by atoms with Crippen molar-refractivity contribution in [1.29, 1.82) is 0 Å². The van der Waals surface area contributed by atoms with E-state index in [0.717, 1.165) is 6.07 Å². The summed E-state index contributed by atoms with van der Waals surface area (Å²) in [4.78, 5) is 23.2.